The molecule has 0 bridgehead atoms. The molecule has 0 unspecified atom stereocenters. The third-order valence-electron chi connectivity index (χ3n) is 3.49. The highest BCUT2D eigenvalue weighted by Gasteiger charge is 2.11. The van der Waals surface area contributed by atoms with Gasteiger partial charge in [0.15, 0.2) is 10.3 Å². The van der Waals surface area contributed by atoms with E-state index in [1.165, 1.54) is 0 Å². The molecule has 0 spiro atoms. The normalized spacial score (nSPS) is 11.1. The lowest BCUT2D eigenvalue weighted by atomic mass is 10.3. The van der Waals surface area contributed by atoms with Crippen LogP contribution in [0.4, 0.5) is 10.3 Å². The number of fused-ring (bicyclic) bond motifs is 2. The van der Waals surface area contributed by atoms with Crippen molar-refractivity contribution in [3.8, 4) is 11.5 Å². The molecule has 2 aromatic heterocycles. The first-order chi connectivity index (χ1) is 11.8. The number of hydrogen-bond donors (Lipinski definition) is 1. The fourth-order valence-corrected chi connectivity index (χ4v) is 4.29. The van der Waals surface area contributed by atoms with Crippen molar-refractivity contribution in [3.63, 3.8) is 0 Å². The van der Waals surface area contributed by atoms with Crippen LogP contribution in [0.1, 0.15) is 6.92 Å². The van der Waals surface area contributed by atoms with Crippen molar-refractivity contribution in [2.24, 2.45) is 0 Å². The van der Waals surface area contributed by atoms with E-state index in [1.807, 2.05) is 43.3 Å². The maximum Gasteiger partial charge on any atom is 0.190 e. The number of hydrogen-bond acceptors (Lipinski definition) is 7. The van der Waals surface area contributed by atoms with Crippen molar-refractivity contribution < 1.29 is 9.47 Å². The van der Waals surface area contributed by atoms with Gasteiger partial charge in [0.25, 0.3) is 0 Å². The molecule has 1 N–H and O–H groups in total. The van der Waals surface area contributed by atoms with Crippen molar-refractivity contribution in [3.05, 3.63) is 36.4 Å². The highest BCUT2D eigenvalue weighted by molar-refractivity contribution is 7.24. The maximum absolute atomic E-state index is 5.54. The molecule has 0 saturated carbocycles. The summed E-state index contributed by atoms with van der Waals surface area (Å²) >= 11 is 3.17. The van der Waals surface area contributed by atoms with Crippen LogP contribution in [0.25, 0.3) is 20.4 Å². The molecule has 2 heterocycles. The molecule has 4 aromatic rings. The van der Waals surface area contributed by atoms with Gasteiger partial charge < -0.3 is 14.8 Å². The average molecular weight is 357 g/mol. The number of ether oxygens (including phenoxy) is 2. The number of rotatable bonds is 5. The van der Waals surface area contributed by atoms with Gasteiger partial charge in [-0.15, -0.1) is 0 Å². The van der Waals surface area contributed by atoms with Gasteiger partial charge in [-0.25, -0.2) is 9.97 Å². The number of thiazole rings is 2. The van der Waals surface area contributed by atoms with E-state index < -0.39 is 0 Å². The van der Waals surface area contributed by atoms with Gasteiger partial charge >= 0.3 is 0 Å². The monoisotopic (exact) mass is 357 g/mol. The van der Waals surface area contributed by atoms with Crippen molar-refractivity contribution in [1.82, 2.24) is 9.97 Å². The molecular formula is C17H15N3O2S2. The molecule has 0 aliphatic rings. The van der Waals surface area contributed by atoms with E-state index in [-0.39, 0.29) is 0 Å². The summed E-state index contributed by atoms with van der Waals surface area (Å²) in [5.74, 6) is 1.65. The van der Waals surface area contributed by atoms with Crippen molar-refractivity contribution in [2.45, 2.75) is 6.92 Å². The molecule has 0 fully saturated rings. The molecule has 7 heteroatoms. The summed E-state index contributed by atoms with van der Waals surface area (Å²) in [7, 11) is 1.66. The largest absolute Gasteiger partial charge is 0.494 e. The summed E-state index contributed by atoms with van der Waals surface area (Å²) in [6, 6.07) is 11.9. The lowest BCUT2D eigenvalue weighted by molar-refractivity contribution is 0.341. The Bertz CT molecular complexity index is 1010. The zero-order valence-corrected chi connectivity index (χ0v) is 14.8. The Morgan fingerprint density at radius 2 is 1.88 bits per heavy atom. The van der Waals surface area contributed by atoms with Gasteiger partial charge in [-0.05, 0) is 37.3 Å². The molecule has 0 atom stereocenters. The zero-order valence-electron chi connectivity index (χ0n) is 13.2. The molecule has 0 amide bonds. The van der Waals surface area contributed by atoms with Crippen molar-refractivity contribution in [2.75, 3.05) is 19.0 Å². The van der Waals surface area contributed by atoms with Gasteiger partial charge in [0, 0.05) is 0 Å². The second-order valence-electron chi connectivity index (χ2n) is 5.03. The molecule has 0 aliphatic carbocycles. The van der Waals surface area contributed by atoms with Crippen LogP contribution in [0, 0.1) is 0 Å². The van der Waals surface area contributed by atoms with E-state index >= 15 is 0 Å². The molecule has 4 rings (SSSR count). The topological polar surface area (TPSA) is 56.3 Å². The number of para-hydroxylation sites is 1. The van der Waals surface area contributed by atoms with Crippen LogP contribution in [-0.4, -0.2) is 23.7 Å². The zero-order chi connectivity index (χ0) is 16.5. The van der Waals surface area contributed by atoms with E-state index in [0.29, 0.717) is 6.61 Å². The van der Waals surface area contributed by atoms with E-state index in [1.54, 1.807) is 29.8 Å². The van der Waals surface area contributed by atoms with Crippen LogP contribution in [-0.2, 0) is 0 Å². The minimum Gasteiger partial charge on any atom is -0.494 e. The minimum atomic E-state index is 0.656. The van der Waals surface area contributed by atoms with Gasteiger partial charge in [0.1, 0.15) is 17.0 Å². The lowest BCUT2D eigenvalue weighted by Crippen LogP contribution is -1.90. The summed E-state index contributed by atoms with van der Waals surface area (Å²) in [5, 5.41) is 4.92. The number of anilines is 2. The van der Waals surface area contributed by atoms with Crippen LogP contribution in [0.3, 0.4) is 0 Å². The Kier molecular flexibility index (Phi) is 3.95. The highest BCUT2D eigenvalue weighted by Crippen LogP contribution is 2.36. The molecule has 0 saturated heterocycles. The van der Waals surface area contributed by atoms with E-state index in [0.717, 1.165) is 42.2 Å². The predicted molar refractivity (Wildman–Crippen MR) is 100 cm³/mol. The Balaban J connectivity index is 1.66. The summed E-state index contributed by atoms with van der Waals surface area (Å²) in [6.45, 7) is 2.63. The molecule has 122 valence electrons. The molecule has 24 heavy (non-hydrogen) atoms. The third kappa shape index (κ3) is 2.76. The molecule has 2 aromatic carbocycles. The first-order valence-corrected chi connectivity index (χ1v) is 9.14. The van der Waals surface area contributed by atoms with Crippen LogP contribution in [0.2, 0.25) is 0 Å². The van der Waals surface area contributed by atoms with E-state index in [9.17, 15) is 0 Å². The average Bonchev–Trinajstić information content (AvgIpc) is 3.17. The standard InChI is InChI=1S/C17H15N3O2S2/c1-3-22-10-7-8-11-14(9-10)24-16(18-11)20-17-19-15-12(21-2)5-4-6-13(15)23-17/h4-9H,3H2,1-2H3,(H,18,19,20). The SMILES string of the molecule is CCOc1ccc2nc(Nc3nc4c(OC)cccc4s3)sc2c1. The first kappa shape index (κ1) is 15.2. The van der Waals surface area contributed by atoms with Crippen molar-refractivity contribution >= 4 is 53.4 Å². The Labute approximate surface area is 146 Å². The van der Waals surface area contributed by atoms with E-state index in [2.05, 4.69) is 15.3 Å². The number of methoxy groups -OCH3 is 1. The number of nitrogens with zero attached hydrogens (tertiary/aromatic N) is 2. The Morgan fingerprint density at radius 3 is 2.71 bits per heavy atom. The van der Waals surface area contributed by atoms with Gasteiger partial charge in [0.2, 0.25) is 0 Å². The van der Waals surface area contributed by atoms with Crippen LogP contribution >= 0.6 is 22.7 Å². The van der Waals surface area contributed by atoms with Crippen LogP contribution < -0.4 is 14.8 Å². The second kappa shape index (κ2) is 6.26. The fourth-order valence-electron chi connectivity index (χ4n) is 2.45. The van der Waals surface area contributed by atoms with Gasteiger partial charge in [-0.3, -0.25) is 0 Å². The first-order valence-electron chi connectivity index (χ1n) is 7.51. The smallest absolute Gasteiger partial charge is 0.190 e. The molecule has 0 aliphatic heterocycles. The molecule has 5 nitrogen and oxygen atoms in total. The number of benzene rings is 2. The van der Waals surface area contributed by atoms with Gasteiger partial charge in [0.05, 0.1) is 28.6 Å². The van der Waals surface area contributed by atoms with Crippen LogP contribution in [0.5, 0.6) is 11.5 Å². The van der Waals surface area contributed by atoms with E-state index in [4.69, 9.17) is 9.47 Å². The minimum absolute atomic E-state index is 0.656. The van der Waals surface area contributed by atoms with Gasteiger partial charge in [-0.1, -0.05) is 28.7 Å². The highest BCUT2D eigenvalue weighted by atomic mass is 32.1. The quantitative estimate of drug-likeness (QED) is 0.541. The number of aromatic nitrogens is 2. The fraction of sp³-hybridized carbons (Fsp3) is 0.176. The summed E-state index contributed by atoms with van der Waals surface area (Å²) in [6.07, 6.45) is 0. The van der Waals surface area contributed by atoms with Gasteiger partial charge in [-0.2, -0.15) is 0 Å². The summed E-state index contributed by atoms with van der Waals surface area (Å²) in [4.78, 5) is 9.23. The summed E-state index contributed by atoms with van der Waals surface area (Å²) < 4.78 is 13.1. The van der Waals surface area contributed by atoms with Crippen molar-refractivity contribution in [1.29, 1.82) is 0 Å². The summed E-state index contributed by atoms with van der Waals surface area (Å²) in [5.41, 5.74) is 1.82. The molecular weight excluding hydrogens is 342 g/mol. The molecule has 0 radical (unpaired) electrons. The number of nitrogens with one attached hydrogen (secondary N) is 1. The Morgan fingerprint density at radius 1 is 1.04 bits per heavy atom. The third-order valence-corrected chi connectivity index (χ3v) is 5.36. The second-order valence-corrected chi connectivity index (χ2v) is 7.09. The Hall–Kier alpha value is -2.38. The predicted octanol–water partition coefficient (Wildman–Crippen LogP) is 5.06. The lowest BCUT2D eigenvalue weighted by Gasteiger charge is -2.00. The van der Waals surface area contributed by atoms with Crippen LogP contribution in [0.15, 0.2) is 36.4 Å². The maximum atomic E-state index is 5.54.